The molecule has 2 N–H and O–H groups in total. The van der Waals surface area contributed by atoms with Gasteiger partial charge in [0, 0.05) is 25.0 Å². The first-order valence-corrected chi connectivity index (χ1v) is 5.44. The van der Waals surface area contributed by atoms with Crippen LogP contribution in [0.15, 0.2) is 30.7 Å². The molecular formula is C12H11N5O2. The molecule has 7 heteroatoms. The van der Waals surface area contributed by atoms with Crippen molar-refractivity contribution in [3.05, 3.63) is 41.9 Å². The molecule has 0 aromatic carbocycles. The standard InChI is InChI=1S/C12H11N5O2/c1-17-7-9(6-15-17)11(12(18)19)16-10-3-2-8(4-13)5-14-10/h2-3,5-7,11H,1H3,(H,14,16)(H,18,19). The second-order valence-corrected chi connectivity index (χ2v) is 3.91. The summed E-state index contributed by atoms with van der Waals surface area (Å²) in [7, 11) is 1.71. The van der Waals surface area contributed by atoms with Crippen molar-refractivity contribution < 1.29 is 9.90 Å². The first-order chi connectivity index (χ1) is 9.10. The van der Waals surface area contributed by atoms with Gasteiger partial charge >= 0.3 is 5.97 Å². The highest BCUT2D eigenvalue weighted by Crippen LogP contribution is 2.18. The molecular weight excluding hydrogens is 246 g/mol. The number of rotatable bonds is 4. The normalized spacial score (nSPS) is 11.6. The van der Waals surface area contributed by atoms with Gasteiger partial charge in [0.1, 0.15) is 11.9 Å². The Morgan fingerprint density at radius 2 is 2.32 bits per heavy atom. The number of aliphatic carboxylic acids is 1. The average molecular weight is 257 g/mol. The van der Waals surface area contributed by atoms with Crippen LogP contribution in [-0.4, -0.2) is 25.8 Å². The minimum Gasteiger partial charge on any atom is -0.479 e. The second-order valence-electron chi connectivity index (χ2n) is 3.91. The minimum atomic E-state index is -1.03. The predicted molar refractivity (Wildman–Crippen MR) is 66.2 cm³/mol. The van der Waals surface area contributed by atoms with Crippen molar-refractivity contribution in [1.82, 2.24) is 14.8 Å². The Morgan fingerprint density at radius 3 is 2.79 bits per heavy atom. The van der Waals surface area contributed by atoms with Crippen LogP contribution in [0.25, 0.3) is 0 Å². The van der Waals surface area contributed by atoms with Crippen molar-refractivity contribution >= 4 is 11.8 Å². The fourth-order valence-corrected chi connectivity index (χ4v) is 1.57. The van der Waals surface area contributed by atoms with Gasteiger partial charge in [-0.3, -0.25) is 4.68 Å². The summed E-state index contributed by atoms with van der Waals surface area (Å²) in [6.45, 7) is 0. The first kappa shape index (κ1) is 12.6. The Labute approximate surface area is 109 Å². The highest BCUT2D eigenvalue weighted by atomic mass is 16.4. The van der Waals surface area contributed by atoms with Crippen LogP contribution in [-0.2, 0) is 11.8 Å². The van der Waals surface area contributed by atoms with Crippen LogP contribution < -0.4 is 5.32 Å². The topological polar surface area (TPSA) is 104 Å². The number of nitriles is 1. The molecule has 0 aliphatic heterocycles. The molecule has 2 aromatic rings. The lowest BCUT2D eigenvalue weighted by Crippen LogP contribution is -2.20. The number of aromatic nitrogens is 3. The second kappa shape index (κ2) is 5.18. The molecule has 0 saturated heterocycles. The summed E-state index contributed by atoms with van der Waals surface area (Å²) in [5.74, 6) is -0.644. The van der Waals surface area contributed by atoms with Crippen LogP contribution >= 0.6 is 0 Å². The van der Waals surface area contributed by atoms with Crippen LogP contribution in [0.5, 0.6) is 0 Å². The number of nitrogens with zero attached hydrogens (tertiary/aromatic N) is 4. The van der Waals surface area contributed by atoms with E-state index in [0.717, 1.165) is 0 Å². The summed E-state index contributed by atoms with van der Waals surface area (Å²) < 4.78 is 1.53. The van der Waals surface area contributed by atoms with E-state index >= 15 is 0 Å². The van der Waals surface area contributed by atoms with Gasteiger partial charge < -0.3 is 10.4 Å². The van der Waals surface area contributed by atoms with Gasteiger partial charge in [-0.05, 0) is 12.1 Å². The summed E-state index contributed by atoms with van der Waals surface area (Å²) in [5.41, 5.74) is 0.944. The van der Waals surface area contributed by atoms with Gasteiger partial charge in [0.05, 0.1) is 11.8 Å². The van der Waals surface area contributed by atoms with Gasteiger partial charge in [-0.25, -0.2) is 9.78 Å². The molecule has 7 nitrogen and oxygen atoms in total. The maximum absolute atomic E-state index is 11.3. The van der Waals surface area contributed by atoms with Gasteiger partial charge in [-0.1, -0.05) is 0 Å². The van der Waals surface area contributed by atoms with Gasteiger partial charge in [0.25, 0.3) is 0 Å². The molecule has 0 saturated carbocycles. The van der Waals surface area contributed by atoms with Gasteiger partial charge in [-0.2, -0.15) is 10.4 Å². The summed E-state index contributed by atoms with van der Waals surface area (Å²) in [6.07, 6.45) is 4.48. The van der Waals surface area contributed by atoms with Crippen molar-refractivity contribution in [3.8, 4) is 6.07 Å². The largest absolute Gasteiger partial charge is 0.479 e. The van der Waals surface area contributed by atoms with Crippen LogP contribution in [0.3, 0.4) is 0 Å². The molecule has 0 aliphatic carbocycles. The van der Waals surface area contributed by atoms with Crippen molar-refractivity contribution in [2.24, 2.45) is 7.05 Å². The monoisotopic (exact) mass is 257 g/mol. The number of carbonyl (C=O) groups is 1. The zero-order valence-electron chi connectivity index (χ0n) is 10.1. The number of hydrogen-bond donors (Lipinski definition) is 2. The van der Waals surface area contributed by atoms with Crippen LogP contribution in [0, 0.1) is 11.3 Å². The highest BCUT2D eigenvalue weighted by molar-refractivity contribution is 5.78. The molecule has 0 aliphatic rings. The zero-order chi connectivity index (χ0) is 13.8. The summed E-state index contributed by atoms with van der Waals surface area (Å²) in [4.78, 5) is 15.2. The van der Waals surface area contributed by atoms with Crippen LogP contribution in [0.4, 0.5) is 5.82 Å². The molecule has 2 heterocycles. The molecule has 96 valence electrons. The number of carboxylic acids is 1. The van der Waals surface area contributed by atoms with E-state index < -0.39 is 12.0 Å². The highest BCUT2D eigenvalue weighted by Gasteiger charge is 2.21. The van der Waals surface area contributed by atoms with Crippen LogP contribution in [0.1, 0.15) is 17.2 Å². The number of anilines is 1. The zero-order valence-corrected chi connectivity index (χ0v) is 10.1. The summed E-state index contributed by atoms with van der Waals surface area (Å²) in [6, 6.07) is 4.14. The third-order valence-electron chi connectivity index (χ3n) is 2.49. The molecule has 1 unspecified atom stereocenters. The Balaban J connectivity index is 2.21. The average Bonchev–Trinajstić information content (AvgIpc) is 2.82. The van der Waals surface area contributed by atoms with E-state index in [0.29, 0.717) is 16.9 Å². The van der Waals surface area contributed by atoms with E-state index in [-0.39, 0.29) is 0 Å². The molecule has 0 amide bonds. The van der Waals surface area contributed by atoms with Crippen LogP contribution in [0.2, 0.25) is 0 Å². The molecule has 2 aromatic heterocycles. The van der Waals surface area contributed by atoms with E-state index in [2.05, 4.69) is 15.4 Å². The number of carboxylic acid groups (broad SMARTS) is 1. The Bertz CT molecular complexity index is 626. The Hall–Kier alpha value is -2.88. The Kier molecular flexibility index (Phi) is 3.43. The van der Waals surface area contributed by atoms with E-state index in [4.69, 9.17) is 5.26 Å². The van der Waals surface area contributed by atoms with E-state index in [9.17, 15) is 9.90 Å². The fourth-order valence-electron chi connectivity index (χ4n) is 1.57. The predicted octanol–water partition coefficient (Wildman–Crippen LogP) is 0.925. The number of hydrogen-bond acceptors (Lipinski definition) is 5. The lowest BCUT2D eigenvalue weighted by molar-refractivity contribution is -0.138. The van der Waals surface area contributed by atoms with Gasteiger partial charge in [0.15, 0.2) is 6.04 Å². The van der Waals surface area contributed by atoms with Crippen molar-refractivity contribution in [2.45, 2.75) is 6.04 Å². The molecule has 1 atom stereocenters. The molecule has 2 rings (SSSR count). The number of aryl methyl sites for hydroxylation is 1. The maximum Gasteiger partial charge on any atom is 0.330 e. The first-order valence-electron chi connectivity index (χ1n) is 5.44. The van der Waals surface area contributed by atoms with Crippen molar-refractivity contribution in [2.75, 3.05) is 5.32 Å². The van der Waals surface area contributed by atoms with E-state index in [1.54, 1.807) is 25.4 Å². The number of pyridine rings is 1. The molecule has 0 spiro atoms. The van der Waals surface area contributed by atoms with Gasteiger partial charge in [0.2, 0.25) is 0 Å². The Morgan fingerprint density at radius 1 is 1.53 bits per heavy atom. The maximum atomic E-state index is 11.3. The van der Waals surface area contributed by atoms with Gasteiger partial charge in [-0.15, -0.1) is 0 Å². The lowest BCUT2D eigenvalue weighted by atomic mass is 10.1. The van der Waals surface area contributed by atoms with E-state index in [1.165, 1.54) is 17.1 Å². The fraction of sp³-hybridized carbons (Fsp3) is 0.167. The lowest BCUT2D eigenvalue weighted by Gasteiger charge is -2.13. The summed E-state index contributed by atoms with van der Waals surface area (Å²) in [5, 5.41) is 24.6. The molecule has 0 bridgehead atoms. The minimum absolute atomic E-state index is 0.384. The third-order valence-corrected chi connectivity index (χ3v) is 2.49. The quantitative estimate of drug-likeness (QED) is 0.844. The molecule has 0 radical (unpaired) electrons. The third kappa shape index (κ3) is 2.87. The molecule has 0 fully saturated rings. The smallest absolute Gasteiger partial charge is 0.330 e. The van der Waals surface area contributed by atoms with E-state index in [1.807, 2.05) is 6.07 Å². The SMILES string of the molecule is Cn1cc(C(Nc2ccc(C#N)cn2)C(=O)O)cn1. The summed E-state index contributed by atoms with van der Waals surface area (Å²) >= 11 is 0. The van der Waals surface area contributed by atoms with Crippen molar-refractivity contribution in [1.29, 1.82) is 5.26 Å². The number of nitrogens with one attached hydrogen (secondary N) is 1. The van der Waals surface area contributed by atoms with Crippen molar-refractivity contribution in [3.63, 3.8) is 0 Å². The molecule has 19 heavy (non-hydrogen) atoms.